The highest BCUT2D eigenvalue weighted by Crippen LogP contribution is 2.20. The molecule has 1 fully saturated rings. The zero-order valence-corrected chi connectivity index (χ0v) is 13.4. The molecule has 1 aliphatic rings. The van der Waals surface area contributed by atoms with Crippen LogP contribution in [0, 0.1) is 6.92 Å². The number of amides is 1. The molecule has 0 radical (unpaired) electrons. The van der Waals surface area contributed by atoms with Crippen molar-refractivity contribution in [3.05, 3.63) is 33.8 Å². The molecule has 0 aromatic heterocycles. The van der Waals surface area contributed by atoms with Crippen LogP contribution in [0.15, 0.2) is 22.7 Å². The Bertz CT molecular complexity index is 538. The molecule has 0 unspecified atom stereocenters. The molecular formula is C15H18BrNO4. The van der Waals surface area contributed by atoms with Gasteiger partial charge in [-0.3, -0.25) is 4.79 Å². The number of piperidine rings is 1. The van der Waals surface area contributed by atoms with Crippen molar-refractivity contribution in [1.82, 2.24) is 4.90 Å². The average molecular weight is 356 g/mol. The summed E-state index contributed by atoms with van der Waals surface area (Å²) in [5.74, 6) is -0.935. The van der Waals surface area contributed by atoms with Crippen molar-refractivity contribution < 1.29 is 19.4 Å². The molecule has 1 amide bonds. The zero-order chi connectivity index (χ0) is 15.4. The molecule has 1 saturated heterocycles. The predicted octanol–water partition coefficient (Wildman–Crippen LogP) is 2.46. The maximum absolute atomic E-state index is 12.5. The Labute approximate surface area is 132 Å². The second kappa shape index (κ2) is 7.04. The van der Waals surface area contributed by atoms with Crippen LogP contribution in [0.3, 0.4) is 0 Å². The van der Waals surface area contributed by atoms with Crippen LogP contribution in [0.1, 0.15) is 28.8 Å². The lowest BCUT2D eigenvalue weighted by Crippen LogP contribution is -2.41. The lowest BCUT2D eigenvalue weighted by molar-refractivity contribution is -0.145. The number of hydrogen-bond acceptors (Lipinski definition) is 3. The van der Waals surface area contributed by atoms with E-state index >= 15 is 0 Å². The highest BCUT2D eigenvalue weighted by molar-refractivity contribution is 9.10. The van der Waals surface area contributed by atoms with Crippen molar-refractivity contribution in [2.24, 2.45) is 0 Å². The van der Waals surface area contributed by atoms with Crippen LogP contribution in [-0.4, -0.2) is 47.7 Å². The molecule has 2 rings (SSSR count). The first-order valence-electron chi connectivity index (χ1n) is 6.86. The number of aryl methyl sites for hydroxylation is 1. The normalized spacial score (nSPS) is 16.0. The van der Waals surface area contributed by atoms with E-state index in [0.717, 1.165) is 10.0 Å². The van der Waals surface area contributed by atoms with E-state index in [-0.39, 0.29) is 18.6 Å². The summed E-state index contributed by atoms with van der Waals surface area (Å²) in [7, 11) is 0. The maximum Gasteiger partial charge on any atom is 0.329 e. The SMILES string of the molecule is Cc1cc(Br)ccc1C(=O)N1CCC(OCC(=O)O)CC1. The Morgan fingerprint density at radius 3 is 2.62 bits per heavy atom. The topological polar surface area (TPSA) is 66.8 Å². The van der Waals surface area contributed by atoms with Crippen molar-refractivity contribution in [1.29, 1.82) is 0 Å². The second-order valence-corrected chi connectivity index (χ2v) is 6.07. The quantitative estimate of drug-likeness (QED) is 0.900. The van der Waals surface area contributed by atoms with Gasteiger partial charge in [-0.2, -0.15) is 0 Å². The fourth-order valence-corrected chi connectivity index (χ4v) is 2.93. The first-order chi connectivity index (χ1) is 9.97. The van der Waals surface area contributed by atoms with Crippen molar-refractivity contribution in [2.75, 3.05) is 19.7 Å². The molecule has 1 heterocycles. The van der Waals surface area contributed by atoms with Crippen LogP contribution in [0.4, 0.5) is 0 Å². The van der Waals surface area contributed by atoms with Gasteiger partial charge >= 0.3 is 5.97 Å². The summed E-state index contributed by atoms with van der Waals surface area (Å²) in [5.41, 5.74) is 1.65. The first kappa shape index (κ1) is 16.0. The largest absolute Gasteiger partial charge is 0.480 e. The fourth-order valence-electron chi connectivity index (χ4n) is 2.45. The Morgan fingerprint density at radius 1 is 1.38 bits per heavy atom. The van der Waals surface area contributed by atoms with Gasteiger partial charge in [0.2, 0.25) is 0 Å². The maximum atomic E-state index is 12.5. The van der Waals surface area contributed by atoms with Crippen molar-refractivity contribution >= 4 is 27.8 Å². The predicted molar refractivity (Wildman–Crippen MR) is 81.4 cm³/mol. The van der Waals surface area contributed by atoms with E-state index in [9.17, 15) is 9.59 Å². The van der Waals surface area contributed by atoms with E-state index < -0.39 is 5.97 Å². The average Bonchev–Trinajstić information content (AvgIpc) is 2.45. The summed E-state index contributed by atoms with van der Waals surface area (Å²) in [5, 5.41) is 8.59. The number of benzene rings is 1. The monoisotopic (exact) mass is 355 g/mol. The van der Waals surface area contributed by atoms with Crippen LogP contribution < -0.4 is 0 Å². The third-order valence-electron chi connectivity index (χ3n) is 3.59. The fraction of sp³-hybridized carbons (Fsp3) is 0.467. The number of carboxylic acids is 1. The number of rotatable bonds is 4. The minimum absolute atomic E-state index is 0.0247. The van der Waals surface area contributed by atoms with E-state index in [1.807, 2.05) is 25.1 Å². The summed E-state index contributed by atoms with van der Waals surface area (Å²) >= 11 is 3.39. The number of likely N-dealkylation sites (tertiary alicyclic amines) is 1. The van der Waals surface area contributed by atoms with Crippen molar-refractivity contribution in [3.8, 4) is 0 Å². The van der Waals surface area contributed by atoms with Gasteiger partial charge in [0.15, 0.2) is 0 Å². The molecule has 0 atom stereocenters. The van der Waals surface area contributed by atoms with E-state index in [4.69, 9.17) is 9.84 Å². The van der Waals surface area contributed by atoms with E-state index in [1.165, 1.54) is 0 Å². The van der Waals surface area contributed by atoms with Crippen LogP contribution in [-0.2, 0) is 9.53 Å². The zero-order valence-electron chi connectivity index (χ0n) is 11.8. The molecule has 5 nitrogen and oxygen atoms in total. The molecular weight excluding hydrogens is 338 g/mol. The molecule has 0 bridgehead atoms. The third-order valence-corrected chi connectivity index (χ3v) is 4.08. The summed E-state index contributed by atoms with van der Waals surface area (Å²) in [6.45, 7) is 2.84. The molecule has 1 aromatic rings. The highest BCUT2D eigenvalue weighted by Gasteiger charge is 2.25. The minimum Gasteiger partial charge on any atom is -0.480 e. The summed E-state index contributed by atoms with van der Waals surface area (Å²) in [4.78, 5) is 24.8. The Kier molecular flexibility index (Phi) is 5.36. The van der Waals surface area contributed by atoms with Crippen LogP contribution >= 0.6 is 15.9 Å². The molecule has 114 valence electrons. The Morgan fingerprint density at radius 2 is 2.05 bits per heavy atom. The van der Waals surface area contributed by atoms with Crippen molar-refractivity contribution in [2.45, 2.75) is 25.9 Å². The first-order valence-corrected chi connectivity index (χ1v) is 7.65. The van der Waals surface area contributed by atoms with E-state index in [2.05, 4.69) is 15.9 Å². The van der Waals surface area contributed by atoms with Crippen LogP contribution in [0.25, 0.3) is 0 Å². The molecule has 1 N–H and O–H groups in total. The standard InChI is InChI=1S/C15H18BrNO4/c1-10-8-11(16)2-3-13(10)15(20)17-6-4-12(5-7-17)21-9-14(18)19/h2-3,8,12H,4-7,9H2,1H3,(H,18,19). The molecule has 1 aliphatic heterocycles. The second-order valence-electron chi connectivity index (χ2n) is 5.16. The van der Waals surface area contributed by atoms with Gasteiger partial charge in [0.05, 0.1) is 6.10 Å². The van der Waals surface area contributed by atoms with Gasteiger partial charge in [0.1, 0.15) is 6.61 Å². The molecule has 21 heavy (non-hydrogen) atoms. The number of carboxylic acid groups (broad SMARTS) is 1. The number of carbonyl (C=O) groups excluding carboxylic acids is 1. The lowest BCUT2D eigenvalue weighted by Gasteiger charge is -2.32. The van der Waals surface area contributed by atoms with E-state index in [0.29, 0.717) is 31.5 Å². The highest BCUT2D eigenvalue weighted by atomic mass is 79.9. The van der Waals surface area contributed by atoms with Crippen LogP contribution in [0.2, 0.25) is 0 Å². The van der Waals surface area contributed by atoms with Gasteiger partial charge in [0.25, 0.3) is 5.91 Å². The molecule has 1 aromatic carbocycles. The summed E-state index contributed by atoms with van der Waals surface area (Å²) < 4.78 is 6.23. The summed E-state index contributed by atoms with van der Waals surface area (Å²) in [6.07, 6.45) is 1.28. The van der Waals surface area contributed by atoms with Gasteiger partial charge in [-0.15, -0.1) is 0 Å². The number of ether oxygens (including phenoxy) is 1. The Hall–Kier alpha value is -1.40. The van der Waals surface area contributed by atoms with Gasteiger partial charge in [-0.05, 0) is 43.5 Å². The summed E-state index contributed by atoms with van der Waals surface area (Å²) in [6, 6.07) is 5.62. The minimum atomic E-state index is -0.959. The molecule has 0 saturated carbocycles. The number of nitrogens with zero attached hydrogens (tertiary/aromatic N) is 1. The van der Waals surface area contributed by atoms with Crippen LogP contribution in [0.5, 0.6) is 0 Å². The van der Waals surface area contributed by atoms with Gasteiger partial charge in [-0.25, -0.2) is 4.79 Å². The Balaban J connectivity index is 1.92. The number of hydrogen-bond donors (Lipinski definition) is 1. The van der Waals surface area contributed by atoms with Gasteiger partial charge in [-0.1, -0.05) is 15.9 Å². The van der Waals surface area contributed by atoms with Gasteiger partial charge < -0.3 is 14.7 Å². The van der Waals surface area contributed by atoms with Gasteiger partial charge in [0, 0.05) is 23.1 Å². The smallest absolute Gasteiger partial charge is 0.329 e. The number of halogens is 1. The molecule has 0 spiro atoms. The third kappa shape index (κ3) is 4.28. The number of aliphatic carboxylic acids is 1. The molecule has 6 heteroatoms. The van der Waals surface area contributed by atoms with Crippen molar-refractivity contribution in [3.63, 3.8) is 0 Å². The lowest BCUT2D eigenvalue weighted by atomic mass is 10.0. The number of carbonyl (C=O) groups is 2. The van der Waals surface area contributed by atoms with E-state index in [1.54, 1.807) is 4.90 Å². The molecule has 0 aliphatic carbocycles.